The number of unbranched alkanes of at least 4 members (excludes halogenated alkanes) is 1. The summed E-state index contributed by atoms with van der Waals surface area (Å²) in [5, 5.41) is 2.45. The van der Waals surface area contributed by atoms with Crippen LogP contribution in [-0.2, 0) is 6.18 Å². The highest BCUT2D eigenvalue weighted by Gasteiger charge is 2.30. The van der Waals surface area contributed by atoms with Crippen molar-refractivity contribution in [2.45, 2.75) is 25.9 Å². The first-order chi connectivity index (χ1) is 8.84. The van der Waals surface area contributed by atoms with E-state index in [1.807, 2.05) is 6.92 Å². The second kappa shape index (κ2) is 6.45. The highest BCUT2D eigenvalue weighted by atomic mass is 19.4. The third-order valence-corrected chi connectivity index (χ3v) is 2.63. The molecule has 19 heavy (non-hydrogen) atoms. The van der Waals surface area contributed by atoms with Crippen LogP contribution in [0.4, 0.5) is 23.7 Å². The molecule has 2 amide bonds. The molecule has 0 saturated heterocycles. The summed E-state index contributed by atoms with van der Waals surface area (Å²) in [5.74, 6) is 0. The second-order valence-electron chi connectivity index (χ2n) is 4.28. The van der Waals surface area contributed by atoms with Gasteiger partial charge in [0.05, 0.1) is 5.56 Å². The minimum absolute atomic E-state index is 0.142. The van der Waals surface area contributed by atoms with Crippen LogP contribution >= 0.6 is 0 Å². The molecule has 1 N–H and O–H groups in total. The number of urea groups is 1. The minimum Gasteiger partial charge on any atom is -0.328 e. The van der Waals surface area contributed by atoms with Crippen LogP contribution in [0.1, 0.15) is 25.3 Å². The van der Waals surface area contributed by atoms with Crippen molar-refractivity contribution in [2.75, 3.05) is 18.9 Å². The molecule has 1 rings (SSSR count). The molecule has 0 radical (unpaired) electrons. The summed E-state index contributed by atoms with van der Waals surface area (Å²) in [7, 11) is 1.61. The van der Waals surface area contributed by atoms with E-state index in [1.165, 1.54) is 17.0 Å². The summed E-state index contributed by atoms with van der Waals surface area (Å²) in [6.07, 6.45) is -2.61. The number of anilines is 1. The Bertz CT molecular complexity index is 432. The number of amides is 2. The lowest BCUT2D eigenvalue weighted by Crippen LogP contribution is -2.32. The van der Waals surface area contributed by atoms with Gasteiger partial charge in [-0.05, 0) is 24.6 Å². The van der Waals surface area contributed by atoms with Crippen molar-refractivity contribution in [3.05, 3.63) is 29.8 Å². The van der Waals surface area contributed by atoms with Crippen molar-refractivity contribution in [1.82, 2.24) is 4.90 Å². The number of hydrogen-bond acceptors (Lipinski definition) is 1. The lowest BCUT2D eigenvalue weighted by Gasteiger charge is -2.18. The van der Waals surface area contributed by atoms with Crippen molar-refractivity contribution < 1.29 is 18.0 Å². The Morgan fingerprint density at radius 3 is 2.63 bits per heavy atom. The normalized spacial score (nSPS) is 11.2. The van der Waals surface area contributed by atoms with E-state index in [0.717, 1.165) is 25.0 Å². The molecule has 106 valence electrons. The Kier molecular flexibility index (Phi) is 5.20. The van der Waals surface area contributed by atoms with E-state index in [2.05, 4.69) is 5.32 Å². The van der Waals surface area contributed by atoms with E-state index in [-0.39, 0.29) is 5.69 Å². The monoisotopic (exact) mass is 274 g/mol. The highest BCUT2D eigenvalue weighted by Crippen LogP contribution is 2.30. The predicted molar refractivity (Wildman–Crippen MR) is 68.0 cm³/mol. The molecule has 0 saturated carbocycles. The van der Waals surface area contributed by atoms with Crippen molar-refractivity contribution in [2.24, 2.45) is 0 Å². The van der Waals surface area contributed by atoms with Crippen molar-refractivity contribution >= 4 is 11.7 Å². The topological polar surface area (TPSA) is 32.3 Å². The van der Waals surface area contributed by atoms with Crippen LogP contribution in [0.5, 0.6) is 0 Å². The van der Waals surface area contributed by atoms with Crippen molar-refractivity contribution in [3.8, 4) is 0 Å². The maximum atomic E-state index is 12.5. The maximum absolute atomic E-state index is 12.5. The van der Waals surface area contributed by atoms with E-state index in [9.17, 15) is 18.0 Å². The average Bonchev–Trinajstić information content (AvgIpc) is 2.35. The number of hydrogen-bond donors (Lipinski definition) is 1. The van der Waals surface area contributed by atoms with Crippen LogP contribution in [0.25, 0.3) is 0 Å². The third kappa shape index (κ3) is 4.81. The molecule has 0 heterocycles. The molecular formula is C13H17F3N2O. The van der Waals surface area contributed by atoms with E-state index in [0.29, 0.717) is 6.54 Å². The molecule has 0 fully saturated rings. The van der Waals surface area contributed by atoms with Gasteiger partial charge in [-0.2, -0.15) is 13.2 Å². The first-order valence-electron chi connectivity index (χ1n) is 6.04. The largest absolute Gasteiger partial charge is 0.416 e. The fourth-order valence-electron chi connectivity index (χ4n) is 1.49. The molecule has 0 aliphatic heterocycles. The first kappa shape index (κ1) is 15.3. The number of nitrogens with one attached hydrogen (secondary N) is 1. The first-order valence-corrected chi connectivity index (χ1v) is 6.04. The van der Waals surface area contributed by atoms with Crippen LogP contribution in [0.3, 0.4) is 0 Å². The Balaban J connectivity index is 2.69. The molecule has 0 aromatic heterocycles. The standard InChI is InChI=1S/C13H17F3N2O/c1-3-4-8-18(2)12(19)17-11-7-5-6-10(9-11)13(14,15)16/h5-7,9H,3-4,8H2,1-2H3,(H,17,19). The van der Waals surface area contributed by atoms with E-state index >= 15 is 0 Å². The molecule has 0 aliphatic rings. The molecule has 3 nitrogen and oxygen atoms in total. The molecule has 6 heteroatoms. The van der Waals surface area contributed by atoms with Gasteiger partial charge in [-0.1, -0.05) is 19.4 Å². The Morgan fingerprint density at radius 2 is 2.05 bits per heavy atom. The SMILES string of the molecule is CCCCN(C)C(=O)Nc1cccc(C(F)(F)F)c1. The van der Waals surface area contributed by atoms with Crippen molar-refractivity contribution in [3.63, 3.8) is 0 Å². The fourth-order valence-corrected chi connectivity index (χ4v) is 1.49. The smallest absolute Gasteiger partial charge is 0.328 e. The third-order valence-electron chi connectivity index (χ3n) is 2.63. The average molecular weight is 274 g/mol. The molecule has 1 aromatic rings. The number of nitrogens with zero attached hydrogens (tertiary/aromatic N) is 1. The lowest BCUT2D eigenvalue weighted by molar-refractivity contribution is -0.137. The van der Waals surface area contributed by atoms with E-state index < -0.39 is 17.8 Å². The lowest BCUT2D eigenvalue weighted by atomic mass is 10.2. The summed E-state index contributed by atoms with van der Waals surface area (Å²) in [5.41, 5.74) is -0.635. The maximum Gasteiger partial charge on any atom is 0.416 e. The Morgan fingerprint density at radius 1 is 1.37 bits per heavy atom. The number of carbonyl (C=O) groups excluding carboxylic acids is 1. The van der Waals surface area contributed by atoms with Gasteiger partial charge in [-0.3, -0.25) is 0 Å². The zero-order valence-electron chi connectivity index (χ0n) is 10.9. The summed E-state index contributed by atoms with van der Waals surface area (Å²) in [6.45, 7) is 2.57. The molecule has 0 bridgehead atoms. The molecule has 0 unspecified atom stereocenters. The summed E-state index contributed by atoms with van der Waals surface area (Å²) in [6, 6.07) is 4.18. The van der Waals surface area contributed by atoms with Gasteiger partial charge in [-0.25, -0.2) is 4.79 Å². The van der Waals surface area contributed by atoms with E-state index in [4.69, 9.17) is 0 Å². The summed E-state index contributed by atoms with van der Waals surface area (Å²) in [4.78, 5) is 13.2. The number of benzene rings is 1. The van der Waals surface area contributed by atoms with Gasteiger partial charge in [0.25, 0.3) is 0 Å². The number of alkyl halides is 3. The van der Waals surface area contributed by atoms with Crippen LogP contribution in [-0.4, -0.2) is 24.5 Å². The number of carbonyl (C=O) groups is 1. The minimum atomic E-state index is -4.41. The molecular weight excluding hydrogens is 257 g/mol. The van der Waals surface area contributed by atoms with Gasteiger partial charge >= 0.3 is 12.2 Å². The van der Waals surface area contributed by atoms with E-state index in [1.54, 1.807) is 7.05 Å². The van der Waals surface area contributed by atoms with Crippen LogP contribution < -0.4 is 5.32 Å². The van der Waals surface area contributed by atoms with Crippen molar-refractivity contribution in [1.29, 1.82) is 0 Å². The van der Waals surface area contributed by atoms with Gasteiger partial charge in [-0.15, -0.1) is 0 Å². The van der Waals surface area contributed by atoms with Crippen LogP contribution in [0.2, 0.25) is 0 Å². The Hall–Kier alpha value is -1.72. The van der Waals surface area contributed by atoms with Gasteiger partial charge in [0, 0.05) is 19.3 Å². The molecule has 0 atom stereocenters. The Labute approximate surface area is 110 Å². The van der Waals surface area contributed by atoms with Crippen LogP contribution in [0.15, 0.2) is 24.3 Å². The number of halogens is 3. The van der Waals surface area contributed by atoms with Gasteiger partial charge in [0.2, 0.25) is 0 Å². The van der Waals surface area contributed by atoms with Gasteiger partial charge in [0.15, 0.2) is 0 Å². The van der Waals surface area contributed by atoms with Crippen LogP contribution in [0, 0.1) is 0 Å². The number of rotatable bonds is 4. The molecule has 1 aromatic carbocycles. The molecule has 0 spiro atoms. The predicted octanol–water partition coefficient (Wildman–Crippen LogP) is 3.97. The highest BCUT2D eigenvalue weighted by molar-refractivity contribution is 5.89. The zero-order valence-corrected chi connectivity index (χ0v) is 10.9. The summed E-state index contributed by atoms with van der Waals surface area (Å²) < 4.78 is 37.5. The second-order valence-corrected chi connectivity index (χ2v) is 4.28. The quantitative estimate of drug-likeness (QED) is 0.885. The fraction of sp³-hybridized carbons (Fsp3) is 0.462. The van der Waals surface area contributed by atoms with Gasteiger partial charge in [0.1, 0.15) is 0 Å². The molecule has 0 aliphatic carbocycles. The van der Waals surface area contributed by atoms with Gasteiger partial charge < -0.3 is 10.2 Å². The summed E-state index contributed by atoms with van der Waals surface area (Å²) >= 11 is 0. The zero-order chi connectivity index (χ0) is 14.5.